The summed E-state index contributed by atoms with van der Waals surface area (Å²) in [5.41, 5.74) is 0.350. The molecule has 1 heterocycles. The molecule has 0 atom stereocenters. The molecule has 0 spiro atoms. The van der Waals surface area contributed by atoms with Crippen LogP contribution in [0.15, 0.2) is 46.7 Å². The van der Waals surface area contributed by atoms with Crippen LogP contribution in [-0.4, -0.2) is 46.3 Å². The van der Waals surface area contributed by atoms with Crippen LogP contribution >= 0.6 is 0 Å². The summed E-state index contributed by atoms with van der Waals surface area (Å²) in [6.07, 6.45) is 2.92. The zero-order valence-corrected chi connectivity index (χ0v) is 15.4. The van der Waals surface area contributed by atoms with Crippen molar-refractivity contribution in [2.24, 2.45) is 0 Å². The first-order chi connectivity index (χ1) is 13.1. The molecule has 2 aromatic rings. The number of furan rings is 1. The van der Waals surface area contributed by atoms with Crippen LogP contribution in [0.4, 0.5) is 0 Å². The summed E-state index contributed by atoms with van der Waals surface area (Å²) in [5, 5.41) is 5.26. The highest BCUT2D eigenvalue weighted by atomic mass is 16.5. The molecule has 0 unspecified atom stereocenters. The van der Waals surface area contributed by atoms with Crippen LogP contribution in [0.2, 0.25) is 0 Å². The van der Waals surface area contributed by atoms with Gasteiger partial charge in [0.05, 0.1) is 27.1 Å². The molecule has 0 aliphatic heterocycles. The summed E-state index contributed by atoms with van der Waals surface area (Å²) in [4.78, 5) is 25.0. The van der Waals surface area contributed by atoms with E-state index in [4.69, 9.17) is 18.6 Å². The average molecular weight is 374 g/mol. The quantitative estimate of drug-likeness (QED) is 0.513. The molecule has 1 aromatic carbocycles. The second-order valence-electron chi connectivity index (χ2n) is 5.35. The molecule has 2 N–H and O–H groups in total. The van der Waals surface area contributed by atoms with Gasteiger partial charge in [0.25, 0.3) is 11.8 Å². The second kappa shape index (κ2) is 10.0. The lowest BCUT2D eigenvalue weighted by Gasteiger charge is -2.12. The van der Waals surface area contributed by atoms with Crippen LogP contribution in [0.5, 0.6) is 11.5 Å². The Labute approximate surface area is 157 Å². The van der Waals surface area contributed by atoms with Crippen molar-refractivity contribution in [2.75, 3.05) is 34.5 Å². The van der Waals surface area contributed by atoms with Crippen LogP contribution < -0.4 is 20.1 Å². The smallest absolute Gasteiger partial charge is 0.268 e. The Balaban J connectivity index is 2.21. The van der Waals surface area contributed by atoms with E-state index < -0.39 is 11.8 Å². The average Bonchev–Trinajstić information content (AvgIpc) is 3.20. The van der Waals surface area contributed by atoms with Gasteiger partial charge in [-0.15, -0.1) is 0 Å². The summed E-state index contributed by atoms with van der Waals surface area (Å²) in [6, 6.07) is 8.07. The monoisotopic (exact) mass is 374 g/mol. The van der Waals surface area contributed by atoms with Gasteiger partial charge in [-0.2, -0.15) is 0 Å². The summed E-state index contributed by atoms with van der Waals surface area (Å²) in [6.45, 7) is 0.653. The van der Waals surface area contributed by atoms with Crippen molar-refractivity contribution in [1.82, 2.24) is 10.6 Å². The van der Waals surface area contributed by atoms with Crippen LogP contribution in [0, 0.1) is 0 Å². The van der Waals surface area contributed by atoms with Crippen LogP contribution in [-0.2, 0) is 9.53 Å². The Morgan fingerprint density at radius 2 is 1.89 bits per heavy atom. The summed E-state index contributed by atoms with van der Waals surface area (Å²) in [7, 11) is 4.52. The van der Waals surface area contributed by atoms with Gasteiger partial charge in [0.15, 0.2) is 11.5 Å². The van der Waals surface area contributed by atoms with E-state index in [0.717, 1.165) is 0 Å². The summed E-state index contributed by atoms with van der Waals surface area (Å²) >= 11 is 0. The van der Waals surface area contributed by atoms with E-state index in [1.165, 1.54) is 39.7 Å². The minimum atomic E-state index is -0.476. The third-order valence-electron chi connectivity index (χ3n) is 3.56. The first-order valence-electron chi connectivity index (χ1n) is 8.14. The van der Waals surface area contributed by atoms with E-state index in [2.05, 4.69) is 10.6 Å². The molecule has 8 nitrogen and oxygen atoms in total. The topological polar surface area (TPSA) is 99.0 Å². The van der Waals surface area contributed by atoms with Crippen molar-refractivity contribution in [2.45, 2.75) is 0 Å². The van der Waals surface area contributed by atoms with Crippen molar-refractivity contribution in [1.29, 1.82) is 0 Å². The lowest BCUT2D eigenvalue weighted by atomic mass is 10.1. The molecule has 0 fully saturated rings. The van der Waals surface area contributed by atoms with Gasteiger partial charge < -0.3 is 29.3 Å². The molecule has 8 heteroatoms. The predicted octanol–water partition coefficient (Wildman–Crippen LogP) is 1.83. The number of hydrogen-bond acceptors (Lipinski definition) is 6. The van der Waals surface area contributed by atoms with Gasteiger partial charge in [0, 0.05) is 25.3 Å². The van der Waals surface area contributed by atoms with E-state index >= 15 is 0 Å². The fourth-order valence-electron chi connectivity index (χ4n) is 2.21. The molecule has 27 heavy (non-hydrogen) atoms. The lowest BCUT2D eigenvalue weighted by Crippen LogP contribution is -2.36. The first kappa shape index (κ1) is 20.1. The Morgan fingerprint density at radius 1 is 1.11 bits per heavy atom. The number of benzene rings is 1. The molecule has 1 aromatic heterocycles. The molecule has 2 amide bonds. The Kier molecular flexibility index (Phi) is 7.45. The number of rotatable bonds is 9. The van der Waals surface area contributed by atoms with E-state index in [0.29, 0.717) is 36.0 Å². The number of carbonyl (C=O) groups excluding carboxylic acids is 2. The van der Waals surface area contributed by atoms with Crippen molar-refractivity contribution < 1.29 is 28.2 Å². The maximum Gasteiger partial charge on any atom is 0.268 e. The van der Waals surface area contributed by atoms with E-state index in [-0.39, 0.29) is 5.70 Å². The second-order valence-corrected chi connectivity index (χ2v) is 5.35. The van der Waals surface area contributed by atoms with Gasteiger partial charge in [0.2, 0.25) is 0 Å². The van der Waals surface area contributed by atoms with Crippen LogP contribution in [0.3, 0.4) is 0 Å². The molecule has 0 aliphatic rings. The van der Waals surface area contributed by atoms with Gasteiger partial charge in [-0.25, -0.2) is 0 Å². The number of carbonyl (C=O) groups is 2. The molecule has 0 saturated heterocycles. The van der Waals surface area contributed by atoms with Crippen LogP contribution in [0.1, 0.15) is 16.1 Å². The van der Waals surface area contributed by atoms with Gasteiger partial charge >= 0.3 is 0 Å². The van der Waals surface area contributed by atoms with Crippen molar-refractivity contribution in [3.05, 3.63) is 53.6 Å². The first-order valence-corrected chi connectivity index (χ1v) is 8.14. The molecule has 144 valence electrons. The fourth-order valence-corrected chi connectivity index (χ4v) is 2.21. The van der Waals surface area contributed by atoms with Crippen molar-refractivity contribution >= 4 is 17.9 Å². The number of hydrogen-bond donors (Lipinski definition) is 2. The number of amides is 2. The predicted molar refractivity (Wildman–Crippen MR) is 98.6 cm³/mol. The zero-order valence-electron chi connectivity index (χ0n) is 15.4. The number of methoxy groups -OCH3 is 3. The minimum Gasteiger partial charge on any atom is -0.493 e. The molecule has 0 saturated carbocycles. The highest BCUT2D eigenvalue weighted by Crippen LogP contribution is 2.27. The molecule has 2 rings (SSSR count). The Bertz CT molecular complexity index is 799. The molecule has 0 bridgehead atoms. The molecule has 0 aliphatic carbocycles. The van der Waals surface area contributed by atoms with Crippen LogP contribution in [0.25, 0.3) is 6.08 Å². The van der Waals surface area contributed by atoms with E-state index in [9.17, 15) is 9.59 Å². The molecule has 0 radical (unpaired) electrons. The van der Waals surface area contributed by atoms with Gasteiger partial charge in [-0.3, -0.25) is 9.59 Å². The lowest BCUT2D eigenvalue weighted by molar-refractivity contribution is -0.117. The van der Waals surface area contributed by atoms with Crippen molar-refractivity contribution in [3.63, 3.8) is 0 Å². The van der Waals surface area contributed by atoms with Gasteiger partial charge in [0.1, 0.15) is 11.5 Å². The summed E-state index contributed by atoms with van der Waals surface area (Å²) in [5.74, 6) is 0.399. The molecular formula is C19H22N2O6. The number of ether oxygens (including phenoxy) is 3. The minimum absolute atomic E-state index is 0.0424. The SMILES string of the molecule is COCCNC(=O)/C(=C/c1ccco1)NC(=O)c1ccc(OC)c(OC)c1. The number of nitrogens with one attached hydrogen (secondary N) is 2. The van der Waals surface area contributed by atoms with Crippen molar-refractivity contribution in [3.8, 4) is 11.5 Å². The van der Waals surface area contributed by atoms with E-state index in [1.54, 1.807) is 24.3 Å². The Hall–Kier alpha value is -3.26. The zero-order chi connectivity index (χ0) is 19.6. The third kappa shape index (κ3) is 5.61. The maximum absolute atomic E-state index is 12.6. The normalized spacial score (nSPS) is 11.0. The highest BCUT2D eigenvalue weighted by Gasteiger charge is 2.16. The largest absolute Gasteiger partial charge is 0.493 e. The van der Waals surface area contributed by atoms with E-state index in [1.807, 2.05) is 0 Å². The highest BCUT2D eigenvalue weighted by molar-refractivity contribution is 6.05. The molecular weight excluding hydrogens is 352 g/mol. The fraction of sp³-hybridized carbons (Fsp3) is 0.263. The summed E-state index contributed by atoms with van der Waals surface area (Å²) < 4.78 is 20.5. The van der Waals surface area contributed by atoms with Gasteiger partial charge in [-0.1, -0.05) is 0 Å². The maximum atomic E-state index is 12.6. The Morgan fingerprint density at radius 3 is 2.52 bits per heavy atom. The third-order valence-corrected chi connectivity index (χ3v) is 3.56. The standard InChI is InChI=1S/C19H22N2O6/c1-24-10-8-20-19(23)15(12-14-5-4-9-27-14)21-18(22)13-6-7-16(25-2)17(11-13)26-3/h4-7,9,11-12H,8,10H2,1-3H3,(H,20,23)(H,21,22)/b15-12-. The van der Waals surface area contributed by atoms with Gasteiger partial charge in [-0.05, 0) is 30.3 Å².